The molecule has 0 aromatic heterocycles. The Balaban J connectivity index is 1.69. The SMILES string of the molecule is Cc1ccc(-c2cc(F)cc(OCC(=O)N3CCN(C)CC3)c2)cc1C. The second-order valence-electron chi connectivity index (χ2n) is 6.95. The lowest BCUT2D eigenvalue weighted by atomic mass is 10.0. The second kappa shape index (κ2) is 7.87. The van der Waals surface area contributed by atoms with Crippen LogP contribution in [0.1, 0.15) is 11.1 Å². The number of ether oxygens (including phenoxy) is 1. The summed E-state index contributed by atoms with van der Waals surface area (Å²) in [6.45, 7) is 7.14. The Bertz CT molecular complexity index is 799. The molecule has 0 spiro atoms. The first-order valence-corrected chi connectivity index (χ1v) is 8.90. The summed E-state index contributed by atoms with van der Waals surface area (Å²) in [7, 11) is 2.04. The molecule has 3 rings (SSSR count). The van der Waals surface area contributed by atoms with E-state index in [0.717, 1.165) is 29.8 Å². The lowest BCUT2D eigenvalue weighted by molar-refractivity contribution is -0.134. The van der Waals surface area contributed by atoms with Gasteiger partial charge in [-0.2, -0.15) is 0 Å². The van der Waals surface area contributed by atoms with Crippen molar-refractivity contribution in [1.82, 2.24) is 9.80 Å². The third-order valence-electron chi connectivity index (χ3n) is 4.93. The normalized spacial score (nSPS) is 15.2. The van der Waals surface area contributed by atoms with E-state index in [1.54, 1.807) is 11.0 Å². The standard InChI is InChI=1S/C21H25FN2O2/c1-15-4-5-17(10-16(15)2)18-11-19(22)13-20(12-18)26-14-21(25)24-8-6-23(3)7-9-24/h4-5,10-13H,6-9,14H2,1-3H3. The summed E-state index contributed by atoms with van der Waals surface area (Å²) in [6, 6.07) is 10.6. The summed E-state index contributed by atoms with van der Waals surface area (Å²) >= 11 is 0. The number of piperazine rings is 1. The molecule has 0 bridgehead atoms. The van der Waals surface area contributed by atoms with E-state index < -0.39 is 0 Å². The maximum Gasteiger partial charge on any atom is 0.260 e. The number of amides is 1. The third kappa shape index (κ3) is 4.41. The topological polar surface area (TPSA) is 32.8 Å². The van der Waals surface area contributed by atoms with Gasteiger partial charge in [-0.1, -0.05) is 18.2 Å². The van der Waals surface area contributed by atoms with Gasteiger partial charge in [-0.25, -0.2) is 4.39 Å². The number of carbonyl (C=O) groups is 1. The van der Waals surface area contributed by atoms with Crippen molar-refractivity contribution in [2.75, 3.05) is 39.8 Å². The van der Waals surface area contributed by atoms with E-state index in [2.05, 4.69) is 4.90 Å². The van der Waals surface area contributed by atoms with Crippen molar-refractivity contribution in [3.8, 4) is 16.9 Å². The van der Waals surface area contributed by atoms with Crippen LogP contribution in [0.5, 0.6) is 5.75 Å². The van der Waals surface area contributed by atoms with Crippen LogP contribution >= 0.6 is 0 Å². The summed E-state index contributed by atoms with van der Waals surface area (Å²) in [4.78, 5) is 16.3. The highest BCUT2D eigenvalue weighted by atomic mass is 19.1. The molecule has 26 heavy (non-hydrogen) atoms. The molecule has 1 aliphatic heterocycles. The summed E-state index contributed by atoms with van der Waals surface area (Å²) in [5.74, 6) is -0.0569. The van der Waals surface area contributed by atoms with Crippen LogP contribution in [0.25, 0.3) is 11.1 Å². The van der Waals surface area contributed by atoms with E-state index in [0.29, 0.717) is 18.8 Å². The molecule has 2 aromatic rings. The van der Waals surface area contributed by atoms with E-state index in [-0.39, 0.29) is 18.3 Å². The van der Waals surface area contributed by atoms with Crippen molar-refractivity contribution in [3.63, 3.8) is 0 Å². The van der Waals surface area contributed by atoms with Gasteiger partial charge in [0.1, 0.15) is 11.6 Å². The van der Waals surface area contributed by atoms with E-state index >= 15 is 0 Å². The minimum Gasteiger partial charge on any atom is -0.484 e. The van der Waals surface area contributed by atoms with Crippen molar-refractivity contribution < 1.29 is 13.9 Å². The second-order valence-corrected chi connectivity index (χ2v) is 6.95. The van der Waals surface area contributed by atoms with Gasteiger partial charge in [0, 0.05) is 32.2 Å². The number of likely N-dealkylation sites (N-methyl/N-ethyl adjacent to an activating group) is 1. The van der Waals surface area contributed by atoms with Crippen molar-refractivity contribution in [2.45, 2.75) is 13.8 Å². The van der Waals surface area contributed by atoms with Gasteiger partial charge in [0.25, 0.3) is 5.91 Å². The van der Waals surface area contributed by atoms with Gasteiger partial charge in [-0.15, -0.1) is 0 Å². The summed E-state index contributed by atoms with van der Waals surface area (Å²) in [5, 5.41) is 0. The predicted octanol–water partition coefficient (Wildman–Crippen LogP) is 3.26. The highest BCUT2D eigenvalue weighted by Crippen LogP contribution is 2.27. The number of hydrogen-bond acceptors (Lipinski definition) is 3. The maximum atomic E-state index is 14.0. The van der Waals surface area contributed by atoms with Crippen LogP contribution in [-0.2, 0) is 4.79 Å². The Morgan fingerprint density at radius 2 is 1.73 bits per heavy atom. The molecule has 138 valence electrons. The first-order chi connectivity index (χ1) is 12.4. The molecule has 5 heteroatoms. The van der Waals surface area contributed by atoms with Gasteiger partial charge in [0.2, 0.25) is 0 Å². The number of hydrogen-bond donors (Lipinski definition) is 0. The van der Waals surface area contributed by atoms with Gasteiger partial charge in [-0.05, 0) is 55.3 Å². The third-order valence-corrected chi connectivity index (χ3v) is 4.93. The molecule has 0 unspecified atom stereocenters. The molecule has 0 radical (unpaired) electrons. The lowest BCUT2D eigenvalue weighted by Gasteiger charge is -2.32. The Labute approximate surface area is 154 Å². The largest absolute Gasteiger partial charge is 0.484 e. The fraction of sp³-hybridized carbons (Fsp3) is 0.381. The molecule has 2 aromatic carbocycles. The zero-order valence-corrected chi connectivity index (χ0v) is 15.6. The quantitative estimate of drug-likeness (QED) is 0.843. The molecule has 0 N–H and O–H groups in total. The minimum atomic E-state index is -0.372. The van der Waals surface area contributed by atoms with Gasteiger partial charge < -0.3 is 14.5 Å². The number of aryl methyl sites for hydroxylation is 2. The van der Waals surface area contributed by atoms with Crippen LogP contribution < -0.4 is 4.74 Å². The predicted molar refractivity (Wildman–Crippen MR) is 101 cm³/mol. The number of carbonyl (C=O) groups excluding carboxylic acids is 1. The lowest BCUT2D eigenvalue weighted by Crippen LogP contribution is -2.48. The fourth-order valence-electron chi connectivity index (χ4n) is 3.03. The fourth-order valence-corrected chi connectivity index (χ4v) is 3.03. The monoisotopic (exact) mass is 356 g/mol. The van der Waals surface area contributed by atoms with Crippen LogP contribution in [0.3, 0.4) is 0 Å². The number of rotatable bonds is 4. The molecular weight excluding hydrogens is 331 g/mol. The summed E-state index contributed by atoms with van der Waals surface area (Å²) in [6.07, 6.45) is 0. The molecule has 0 saturated carbocycles. The Morgan fingerprint density at radius 1 is 1.00 bits per heavy atom. The average Bonchev–Trinajstić information content (AvgIpc) is 2.62. The molecule has 1 amide bonds. The highest BCUT2D eigenvalue weighted by Gasteiger charge is 2.19. The minimum absolute atomic E-state index is 0.0601. The molecule has 0 atom stereocenters. The number of halogens is 1. The summed E-state index contributed by atoms with van der Waals surface area (Å²) in [5.41, 5.74) is 4.02. The Morgan fingerprint density at radius 3 is 2.42 bits per heavy atom. The van der Waals surface area contributed by atoms with Crippen molar-refractivity contribution in [2.24, 2.45) is 0 Å². The molecule has 1 saturated heterocycles. The van der Waals surface area contributed by atoms with Gasteiger partial charge in [0.05, 0.1) is 0 Å². The zero-order valence-electron chi connectivity index (χ0n) is 15.6. The van der Waals surface area contributed by atoms with Crippen LogP contribution in [0, 0.1) is 19.7 Å². The van der Waals surface area contributed by atoms with Gasteiger partial charge >= 0.3 is 0 Å². The summed E-state index contributed by atoms with van der Waals surface area (Å²) < 4.78 is 19.6. The first-order valence-electron chi connectivity index (χ1n) is 8.90. The molecule has 4 nitrogen and oxygen atoms in total. The van der Waals surface area contributed by atoms with E-state index in [1.165, 1.54) is 17.7 Å². The highest BCUT2D eigenvalue weighted by molar-refractivity contribution is 5.78. The van der Waals surface area contributed by atoms with E-state index in [9.17, 15) is 9.18 Å². The van der Waals surface area contributed by atoms with Crippen LogP contribution in [0.15, 0.2) is 36.4 Å². The van der Waals surface area contributed by atoms with Crippen LogP contribution in [-0.4, -0.2) is 55.5 Å². The van der Waals surface area contributed by atoms with Crippen molar-refractivity contribution in [3.05, 3.63) is 53.3 Å². The molecule has 1 aliphatic rings. The first kappa shape index (κ1) is 18.4. The van der Waals surface area contributed by atoms with Gasteiger partial charge in [-0.3, -0.25) is 4.79 Å². The van der Waals surface area contributed by atoms with E-state index in [1.807, 2.05) is 39.1 Å². The Kier molecular flexibility index (Phi) is 5.57. The molecular formula is C21H25FN2O2. The number of nitrogens with zero attached hydrogens (tertiary/aromatic N) is 2. The molecule has 0 aliphatic carbocycles. The Hall–Kier alpha value is -2.40. The smallest absolute Gasteiger partial charge is 0.260 e. The van der Waals surface area contributed by atoms with E-state index in [4.69, 9.17) is 4.74 Å². The maximum absolute atomic E-state index is 14.0. The van der Waals surface area contributed by atoms with Crippen LogP contribution in [0.2, 0.25) is 0 Å². The number of benzene rings is 2. The van der Waals surface area contributed by atoms with Crippen molar-refractivity contribution in [1.29, 1.82) is 0 Å². The van der Waals surface area contributed by atoms with Crippen LogP contribution in [0.4, 0.5) is 4.39 Å². The van der Waals surface area contributed by atoms with Gasteiger partial charge in [0.15, 0.2) is 6.61 Å². The molecule has 1 fully saturated rings. The average molecular weight is 356 g/mol. The van der Waals surface area contributed by atoms with Crippen molar-refractivity contribution >= 4 is 5.91 Å². The molecule has 1 heterocycles. The zero-order chi connectivity index (χ0) is 18.7.